The number of sulfonamides is 1. The van der Waals surface area contributed by atoms with Crippen LogP contribution in [0.3, 0.4) is 0 Å². The molecule has 196 valence electrons. The highest BCUT2D eigenvalue weighted by Crippen LogP contribution is 2.41. The normalized spacial score (nSPS) is 18.2. The van der Waals surface area contributed by atoms with Crippen molar-refractivity contribution in [1.29, 1.82) is 0 Å². The molecule has 1 amide bonds. The summed E-state index contributed by atoms with van der Waals surface area (Å²) in [5, 5.41) is 17.5. The highest BCUT2D eigenvalue weighted by atomic mass is 35.5. The number of halogens is 1. The summed E-state index contributed by atoms with van der Waals surface area (Å²) >= 11 is 6.06. The van der Waals surface area contributed by atoms with Crippen molar-refractivity contribution in [3.8, 4) is 11.3 Å². The molecule has 1 atom stereocenters. The number of hydrogen-bond donors (Lipinski definition) is 2. The summed E-state index contributed by atoms with van der Waals surface area (Å²) in [5.74, 6) is -0.0796. The summed E-state index contributed by atoms with van der Waals surface area (Å²) in [6.45, 7) is 0.135. The lowest BCUT2D eigenvalue weighted by atomic mass is 10.1. The van der Waals surface area contributed by atoms with Gasteiger partial charge in [0.1, 0.15) is 5.56 Å². The number of anilines is 1. The Labute approximate surface area is 225 Å². The number of aliphatic hydroxyl groups excluding tert-OH is 1. The lowest BCUT2D eigenvalue weighted by molar-refractivity contribution is 0.102. The first-order chi connectivity index (χ1) is 18.3. The van der Waals surface area contributed by atoms with E-state index in [-0.39, 0.29) is 17.1 Å². The molecule has 0 radical (unpaired) electrons. The Morgan fingerprint density at radius 3 is 2.63 bits per heavy atom. The van der Waals surface area contributed by atoms with Crippen LogP contribution in [0.2, 0.25) is 5.02 Å². The van der Waals surface area contributed by atoms with Gasteiger partial charge in [0, 0.05) is 40.5 Å². The zero-order valence-corrected chi connectivity index (χ0v) is 22.0. The average Bonchev–Trinajstić information content (AvgIpc) is 3.48. The third-order valence-corrected chi connectivity index (χ3v) is 9.31. The molecule has 2 aromatic carbocycles. The number of fused-ring (bicyclic) bond motifs is 1. The zero-order valence-electron chi connectivity index (χ0n) is 20.4. The van der Waals surface area contributed by atoms with E-state index in [1.165, 1.54) is 22.6 Å². The van der Waals surface area contributed by atoms with Gasteiger partial charge in [-0.2, -0.15) is 9.40 Å². The molecule has 2 N–H and O–H groups in total. The monoisotopic (exact) mass is 551 g/mol. The molecule has 2 aromatic heterocycles. The third-order valence-electron chi connectivity index (χ3n) is 7.11. The van der Waals surface area contributed by atoms with Gasteiger partial charge in [-0.25, -0.2) is 17.9 Å². The number of hydrogen-bond acceptors (Lipinski definition) is 6. The van der Waals surface area contributed by atoms with Crippen molar-refractivity contribution >= 4 is 38.9 Å². The molecule has 1 saturated carbocycles. The van der Waals surface area contributed by atoms with Crippen LogP contribution < -0.4 is 5.32 Å². The fourth-order valence-electron chi connectivity index (χ4n) is 4.96. The summed E-state index contributed by atoms with van der Waals surface area (Å²) in [5.41, 5.74) is 3.66. The first-order valence-electron chi connectivity index (χ1n) is 12.5. The van der Waals surface area contributed by atoms with Crippen LogP contribution in [0.4, 0.5) is 5.69 Å². The third kappa shape index (κ3) is 4.58. The molecule has 3 heterocycles. The van der Waals surface area contributed by atoms with E-state index in [4.69, 9.17) is 16.6 Å². The Balaban J connectivity index is 1.32. The fourth-order valence-corrected chi connectivity index (χ4v) is 6.82. The van der Waals surface area contributed by atoms with Crippen molar-refractivity contribution in [3.05, 3.63) is 77.1 Å². The lowest BCUT2D eigenvalue weighted by Crippen LogP contribution is -2.37. The minimum Gasteiger partial charge on any atom is -0.395 e. The van der Waals surface area contributed by atoms with E-state index in [0.717, 1.165) is 29.8 Å². The van der Waals surface area contributed by atoms with Crippen LogP contribution in [0.25, 0.3) is 16.9 Å². The van der Waals surface area contributed by atoms with Gasteiger partial charge in [-0.1, -0.05) is 29.8 Å². The van der Waals surface area contributed by atoms with Gasteiger partial charge in [0.05, 0.1) is 23.4 Å². The predicted octanol–water partition coefficient (Wildman–Crippen LogP) is 4.32. The summed E-state index contributed by atoms with van der Waals surface area (Å²) in [4.78, 5) is 18.2. The molecule has 2 aliphatic rings. The zero-order chi connectivity index (χ0) is 26.4. The van der Waals surface area contributed by atoms with Crippen LogP contribution in [-0.4, -0.2) is 57.5 Å². The van der Waals surface area contributed by atoms with Crippen LogP contribution in [0.15, 0.2) is 65.7 Å². The maximum atomic E-state index is 13.4. The number of amides is 1. The van der Waals surface area contributed by atoms with Crippen LogP contribution >= 0.6 is 11.6 Å². The number of rotatable bonds is 7. The Morgan fingerprint density at radius 2 is 1.89 bits per heavy atom. The second-order valence-corrected chi connectivity index (χ2v) is 12.0. The van der Waals surface area contributed by atoms with Crippen LogP contribution in [0.5, 0.6) is 0 Å². The molecule has 0 bridgehead atoms. The number of carbonyl (C=O) groups is 1. The fraction of sp³-hybridized carbons (Fsp3) is 0.296. The second kappa shape index (κ2) is 9.77. The maximum Gasteiger partial charge on any atom is 0.261 e. The van der Waals surface area contributed by atoms with Gasteiger partial charge < -0.3 is 10.4 Å². The number of aromatic nitrogens is 3. The Hall–Kier alpha value is -3.31. The molecule has 1 saturated heterocycles. The molecular formula is C27H26ClN5O4S. The molecule has 6 rings (SSSR count). The summed E-state index contributed by atoms with van der Waals surface area (Å²) in [6.07, 6.45) is 4.91. The van der Waals surface area contributed by atoms with E-state index in [0.29, 0.717) is 41.7 Å². The topological polar surface area (TPSA) is 117 Å². The van der Waals surface area contributed by atoms with Crippen LogP contribution in [0.1, 0.15) is 47.7 Å². The Morgan fingerprint density at radius 1 is 1.11 bits per heavy atom. The van der Waals surface area contributed by atoms with E-state index in [1.54, 1.807) is 28.8 Å². The number of carbonyl (C=O) groups excluding carboxylic acids is 1. The molecule has 4 aromatic rings. The SMILES string of the molecule is O=C(Nc1cccc(S(=O)(=O)N2CCC[C@H]2CO)c1)c1cnn2c(C3CC3)cc(-c3ccc(Cl)cc3)nc12. The standard InChI is InChI=1S/C27H26ClN5O4S/c28-19-10-8-17(9-11-19)24-14-25(18-6-7-18)33-26(31-24)23(15-29-33)27(35)30-20-3-1-5-22(13-20)38(36,37)32-12-2-4-21(32)16-34/h1,3,5,8-11,13-15,18,21,34H,2,4,6-7,12,16H2,(H,30,35)/t21-/m0/s1. The minimum atomic E-state index is -3.81. The molecule has 9 nitrogen and oxygen atoms in total. The Bertz CT molecular complexity index is 1630. The van der Waals surface area contributed by atoms with Gasteiger partial charge in [0.15, 0.2) is 5.65 Å². The van der Waals surface area contributed by atoms with Gasteiger partial charge in [-0.05, 0) is 62.1 Å². The van der Waals surface area contributed by atoms with Crippen molar-refractivity contribution in [1.82, 2.24) is 18.9 Å². The van der Waals surface area contributed by atoms with Gasteiger partial charge in [0.2, 0.25) is 10.0 Å². The quantitative estimate of drug-likeness (QED) is 0.353. The van der Waals surface area contributed by atoms with Gasteiger partial charge in [0.25, 0.3) is 5.91 Å². The largest absolute Gasteiger partial charge is 0.395 e. The van der Waals surface area contributed by atoms with E-state index in [2.05, 4.69) is 10.4 Å². The average molecular weight is 552 g/mol. The molecule has 0 unspecified atom stereocenters. The molecular weight excluding hydrogens is 526 g/mol. The van der Waals surface area contributed by atoms with Crippen molar-refractivity contribution in [3.63, 3.8) is 0 Å². The number of nitrogens with zero attached hydrogens (tertiary/aromatic N) is 4. The number of nitrogens with one attached hydrogen (secondary N) is 1. The van der Waals surface area contributed by atoms with Gasteiger partial charge in [-0.15, -0.1) is 0 Å². The molecule has 38 heavy (non-hydrogen) atoms. The first-order valence-corrected chi connectivity index (χ1v) is 14.4. The lowest BCUT2D eigenvalue weighted by Gasteiger charge is -2.22. The summed E-state index contributed by atoms with van der Waals surface area (Å²) in [7, 11) is -3.81. The van der Waals surface area contributed by atoms with Crippen LogP contribution in [-0.2, 0) is 10.0 Å². The Kier molecular flexibility index (Phi) is 6.43. The molecule has 1 aliphatic carbocycles. The molecule has 11 heteroatoms. The van der Waals surface area contributed by atoms with Gasteiger partial charge in [-0.3, -0.25) is 4.79 Å². The molecule has 0 spiro atoms. The predicted molar refractivity (Wildman–Crippen MR) is 144 cm³/mol. The van der Waals surface area contributed by atoms with E-state index in [9.17, 15) is 18.3 Å². The molecule has 1 aliphatic heterocycles. The van der Waals surface area contributed by atoms with E-state index < -0.39 is 22.0 Å². The van der Waals surface area contributed by atoms with Crippen molar-refractivity contribution in [2.24, 2.45) is 0 Å². The van der Waals surface area contributed by atoms with Gasteiger partial charge >= 0.3 is 0 Å². The maximum absolute atomic E-state index is 13.4. The van der Waals surface area contributed by atoms with Crippen molar-refractivity contribution in [2.45, 2.75) is 42.5 Å². The highest BCUT2D eigenvalue weighted by Gasteiger charge is 2.35. The summed E-state index contributed by atoms with van der Waals surface area (Å²) < 4.78 is 29.5. The minimum absolute atomic E-state index is 0.0645. The smallest absolute Gasteiger partial charge is 0.261 e. The van der Waals surface area contributed by atoms with Crippen LogP contribution in [0, 0.1) is 0 Å². The highest BCUT2D eigenvalue weighted by molar-refractivity contribution is 7.89. The van der Waals surface area contributed by atoms with Crippen molar-refractivity contribution < 1.29 is 18.3 Å². The van der Waals surface area contributed by atoms with E-state index in [1.807, 2.05) is 18.2 Å². The van der Waals surface area contributed by atoms with E-state index >= 15 is 0 Å². The summed E-state index contributed by atoms with van der Waals surface area (Å²) in [6, 6.07) is 15.1. The van der Waals surface area contributed by atoms with Crippen molar-refractivity contribution in [2.75, 3.05) is 18.5 Å². The second-order valence-electron chi connectivity index (χ2n) is 9.72. The first kappa shape index (κ1) is 25.0. The molecule has 2 fully saturated rings. The number of aliphatic hydroxyl groups is 1. The number of benzene rings is 2.